The zero-order valence-electron chi connectivity index (χ0n) is 12.1. The highest BCUT2D eigenvalue weighted by Gasteiger charge is 2.20. The summed E-state index contributed by atoms with van der Waals surface area (Å²) in [4.78, 5) is 15.3. The third kappa shape index (κ3) is 1.93. The predicted octanol–water partition coefficient (Wildman–Crippen LogP) is 2.15. The van der Waals surface area contributed by atoms with Crippen LogP contribution in [-0.2, 0) is 6.54 Å². The summed E-state index contributed by atoms with van der Waals surface area (Å²) < 4.78 is 15.7. The van der Waals surface area contributed by atoms with Crippen LogP contribution in [0.3, 0.4) is 0 Å². The third-order valence-corrected chi connectivity index (χ3v) is 3.61. The van der Waals surface area contributed by atoms with Crippen LogP contribution < -0.4 is 11.2 Å². The van der Waals surface area contributed by atoms with Gasteiger partial charge in [0.2, 0.25) is 5.43 Å². The number of fused-ring (bicyclic) bond motifs is 1. The molecule has 2 heterocycles. The lowest BCUT2D eigenvalue weighted by molar-refractivity contribution is 0.470. The Balaban J connectivity index is 2.40. The molecule has 0 aliphatic carbocycles. The van der Waals surface area contributed by atoms with Crippen molar-refractivity contribution in [2.24, 2.45) is 0 Å². The van der Waals surface area contributed by atoms with Gasteiger partial charge in [0.1, 0.15) is 11.5 Å². The highest BCUT2D eigenvalue weighted by atomic mass is 19.1. The average Bonchev–Trinajstić information content (AvgIpc) is 2.79. The Bertz CT molecular complexity index is 943. The molecule has 0 saturated carbocycles. The highest BCUT2D eigenvalue weighted by Crippen LogP contribution is 2.30. The average molecular weight is 302 g/mol. The number of nitrogens with two attached hydrogens (primary N) is 1. The fraction of sp³-hybridized carbons (Fsp3) is 0.200. The molecule has 0 spiro atoms. The molecule has 3 aromatic rings. The van der Waals surface area contributed by atoms with Crippen molar-refractivity contribution in [3.8, 4) is 17.0 Å². The first-order valence-electron chi connectivity index (χ1n) is 6.81. The quantitative estimate of drug-likeness (QED) is 0.632. The fourth-order valence-corrected chi connectivity index (χ4v) is 2.55. The minimum absolute atomic E-state index is 0.0181. The number of hydrogen-bond donors (Lipinski definition) is 3. The number of pyridine rings is 1. The van der Waals surface area contributed by atoms with Gasteiger partial charge < -0.3 is 15.8 Å². The number of aryl methyl sites for hydroxylation is 2. The second-order valence-corrected chi connectivity index (χ2v) is 5.04. The van der Waals surface area contributed by atoms with Gasteiger partial charge in [0.05, 0.1) is 16.8 Å². The summed E-state index contributed by atoms with van der Waals surface area (Å²) in [6.07, 6.45) is 0. The SMILES string of the molecule is CCn1nc(C)c2c(=O)c(O)c(-c3ccc(N)cc3F)[nH]c21. The van der Waals surface area contributed by atoms with Crippen LogP contribution in [0.2, 0.25) is 0 Å². The molecule has 0 unspecified atom stereocenters. The minimum atomic E-state index is -0.621. The van der Waals surface area contributed by atoms with Gasteiger partial charge in [-0.15, -0.1) is 0 Å². The van der Waals surface area contributed by atoms with Crippen LogP contribution >= 0.6 is 0 Å². The Kier molecular flexibility index (Phi) is 3.13. The summed E-state index contributed by atoms with van der Waals surface area (Å²) in [5.41, 5.74) is 6.27. The second-order valence-electron chi connectivity index (χ2n) is 5.04. The summed E-state index contributed by atoms with van der Waals surface area (Å²) in [5.74, 6) is -1.15. The molecule has 0 radical (unpaired) electrons. The Morgan fingerprint density at radius 3 is 2.82 bits per heavy atom. The maximum atomic E-state index is 14.1. The molecule has 0 bridgehead atoms. The van der Waals surface area contributed by atoms with Crippen molar-refractivity contribution >= 4 is 16.7 Å². The van der Waals surface area contributed by atoms with E-state index in [0.29, 0.717) is 23.3 Å². The molecule has 0 fully saturated rings. The summed E-state index contributed by atoms with van der Waals surface area (Å²) in [5, 5.41) is 14.7. The molecular weight excluding hydrogens is 287 g/mol. The van der Waals surface area contributed by atoms with Crippen molar-refractivity contribution in [2.75, 3.05) is 5.73 Å². The van der Waals surface area contributed by atoms with Gasteiger partial charge in [0.15, 0.2) is 5.75 Å². The summed E-state index contributed by atoms with van der Waals surface area (Å²) in [6, 6.07) is 4.06. The number of halogens is 1. The van der Waals surface area contributed by atoms with Gasteiger partial charge in [-0.2, -0.15) is 5.10 Å². The zero-order chi connectivity index (χ0) is 16.0. The lowest BCUT2D eigenvalue weighted by Crippen LogP contribution is -2.07. The van der Waals surface area contributed by atoms with Crippen molar-refractivity contribution in [3.63, 3.8) is 0 Å². The molecule has 6 nitrogen and oxygen atoms in total. The van der Waals surface area contributed by atoms with Crippen LogP contribution in [0.25, 0.3) is 22.3 Å². The highest BCUT2D eigenvalue weighted by molar-refractivity contribution is 5.84. The number of anilines is 1. The maximum Gasteiger partial charge on any atom is 0.235 e. The summed E-state index contributed by atoms with van der Waals surface area (Å²) in [6.45, 7) is 4.10. The van der Waals surface area contributed by atoms with Gasteiger partial charge in [-0.3, -0.25) is 4.79 Å². The molecule has 0 atom stereocenters. The molecule has 3 rings (SSSR count). The molecule has 0 amide bonds. The number of aromatic nitrogens is 3. The second kappa shape index (κ2) is 4.87. The van der Waals surface area contributed by atoms with E-state index < -0.39 is 17.0 Å². The fourth-order valence-electron chi connectivity index (χ4n) is 2.55. The molecule has 22 heavy (non-hydrogen) atoms. The summed E-state index contributed by atoms with van der Waals surface area (Å²) >= 11 is 0. The molecule has 7 heteroatoms. The number of nitrogen functional groups attached to an aromatic ring is 1. The molecule has 4 N–H and O–H groups in total. The molecule has 0 saturated heterocycles. The number of benzene rings is 1. The van der Waals surface area contributed by atoms with Crippen LogP contribution in [0, 0.1) is 12.7 Å². The van der Waals surface area contributed by atoms with Gasteiger partial charge in [0.25, 0.3) is 0 Å². The molecule has 0 aliphatic heterocycles. The first-order chi connectivity index (χ1) is 10.4. The number of aromatic amines is 1. The van der Waals surface area contributed by atoms with E-state index in [1.807, 2.05) is 6.92 Å². The topological polar surface area (TPSA) is 96.9 Å². The van der Waals surface area contributed by atoms with E-state index >= 15 is 0 Å². The Morgan fingerprint density at radius 1 is 1.45 bits per heavy atom. The van der Waals surface area contributed by atoms with Gasteiger partial charge >= 0.3 is 0 Å². The van der Waals surface area contributed by atoms with Crippen molar-refractivity contribution in [3.05, 3.63) is 39.9 Å². The van der Waals surface area contributed by atoms with Gasteiger partial charge in [-0.05, 0) is 32.0 Å². The lowest BCUT2D eigenvalue weighted by atomic mass is 10.1. The largest absolute Gasteiger partial charge is 0.503 e. The third-order valence-electron chi connectivity index (χ3n) is 3.61. The number of nitrogens with zero attached hydrogens (tertiary/aromatic N) is 2. The standard InChI is InChI=1S/C15H15FN4O2/c1-3-20-15-11(7(2)19-20)13(21)14(22)12(18-15)9-5-4-8(17)6-10(9)16/h4-6,22H,3,17H2,1-2H3,(H,18,21). The van der Waals surface area contributed by atoms with Crippen LogP contribution in [0.5, 0.6) is 5.75 Å². The smallest absolute Gasteiger partial charge is 0.235 e. The van der Waals surface area contributed by atoms with E-state index in [1.165, 1.54) is 12.1 Å². The minimum Gasteiger partial charge on any atom is -0.503 e. The number of hydrogen-bond acceptors (Lipinski definition) is 4. The normalized spacial score (nSPS) is 11.2. The number of rotatable bonds is 2. The van der Waals surface area contributed by atoms with E-state index in [0.717, 1.165) is 6.07 Å². The Morgan fingerprint density at radius 2 is 2.18 bits per heavy atom. The van der Waals surface area contributed by atoms with Gasteiger partial charge in [0, 0.05) is 17.8 Å². The molecule has 114 valence electrons. The van der Waals surface area contributed by atoms with Crippen molar-refractivity contribution < 1.29 is 9.50 Å². The van der Waals surface area contributed by atoms with Crippen molar-refractivity contribution in [1.29, 1.82) is 0 Å². The van der Waals surface area contributed by atoms with Crippen LogP contribution in [-0.4, -0.2) is 19.9 Å². The van der Waals surface area contributed by atoms with E-state index in [4.69, 9.17) is 5.73 Å². The first-order valence-corrected chi connectivity index (χ1v) is 6.81. The van der Waals surface area contributed by atoms with E-state index in [9.17, 15) is 14.3 Å². The first kappa shape index (κ1) is 14.1. The van der Waals surface area contributed by atoms with Crippen LogP contribution in [0.15, 0.2) is 23.0 Å². The Labute approximate surface area is 125 Å². The molecule has 0 aliphatic rings. The molecule has 2 aromatic heterocycles. The van der Waals surface area contributed by atoms with E-state index in [1.54, 1.807) is 11.6 Å². The number of H-pyrrole nitrogens is 1. The monoisotopic (exact) mass is 302 g/mol. The van der Waals surface area contributed by atoms with Gasteiger partial charge in [-0.1, -0.05) is 0 Å². The number of aromatic hydroxyl groups is 1. The number of nitrogens with one attached hydrogen (secondary N) is 1. The van der Waals surface area contributed by atoms with E-state index in [2.05, 4.69) is 10.1 Å². The molecular formula is C15H15FN4O2. The van der Waals surface area contributed by atoms with Crippen molar-refractivity contribution in [1.82, 2.24) is 14.8 Å². The van der Waals surface area contributed by atoms with Crippen molar-refractivity contribution in [2.45, 2.75) is 20.4 Å². The Hall–Kier alpha value is -2.83. The van der Waals surface area contributed by atoms with E-state index in [-0.39, 0.29) is 16.9 Å². The maximum absolute atomic E-state index is 14.1. The predicted molar refractivity (Wildman–Crippen MR) is 82.2 cm³/mol. The van der Waals surface area contributed by atoms with Crippen LogP contribution in [0.4, 0.5) is 10.1 Å². The summed E-state index contributed by atoms with van der Waals surface area (Å²) in [7, 11) is 0. The molecule has 1 aromatic carbocycles. The van der Waals surface area contributed by atoms with Gasteiger partial charge in [-0.25, -0.2) is 9.07 Å². The lowest BCUT2D eigenvalue weighted by Gasteiger charge is -2.08. The van der Waals surface area contributed by atoms with Crippen LogP contribution in [0.1, 0.15) is 12.6 Å². The zero-order valence-corrected chi connectivity index (χ0v) is 12.1.